The van der Waals surface area contributed by atoms with Crippen LogP contribution in [-0.2, 0) is 6.42 Å². The average Bonchev–Trinajstić information content (AvgIpc) is 2.77. The van der Waals surface area contributed by atoms with Gasteiger partial charge in [0.25, 0.3) is 0 Å². The highest BCUT2D eigenvalue weighted by Crippen LogP contribution is 2.29. The summed E-state index contributed by atoms with van der Waals surface area (Å²) in [6, 6.07) is 20.8. The monoisotopic (exact) mass is 467 g/mol. The number of aromatic carboxylic acids is 1. The molecule has 0 amide bonds. The van der Waals surface area contributed by atoms with Gasteiger partial charge in [-0.15, -0.1) is 0 Å². The molecule has 3 aromatic carbocycles. The summed E-state index contributed by atoms with van der Waals surface area (Å²) in [5.41, 5.74) is 4.00. The summed E-state index contributed by atoms with van der Waals surface area (Å²) in [6.45, 7) is 6.26. The zero-order chi connectivity index (χ0) is 24.0. The highest BCUT2D eigenvalue weighted by atomic mass is 35.5. The largest absolute Gasteiger partial charge is 0.490 e. The van der Waals surface area contributed by atoms with E-state index in [-0.39, 0.29) is 17.7 Å². The van der Waals surface area contributed by atoms with Gasteiger partial charge in [0.05, 0.1) is 12.2 Å². The van der Waals surface area contributed by atoms with Crippen LogP contribution in [-0.4, -0.2) is 34.9 Å². The molecule has 0 aromatic heterocycles. The van der Waals surface area contributed by atoms with Crippen molar-refractivity contribution < 1.29 is 19.7 Å². The van der Waals surface area contributed by atoms with Crippen LogP contribution in [0.4, 0.5) is 0 Å². The van der Waals surface area contributed by atoms with Gasteiger partial charge in [0.1, 0.15) is 11.3 Å². The van der Waals surface area contributed by atoms with Crippen molar-refractivity contribution in [3.8, 4) is 16.9 Å². The molecule has 0 aliphatic rings. The number of rotatable bonds is 10. The number of carboxylic acids is 1. The molecule has 0 saturated carbocycles. The number of aliphatic hydroxyl groups is 1. The van der Waals surface area contributed by atoms with Gasteiger partial charge in [-0.05, 0) is 73.7 Å². The first-order valence-electron chi connectivity index (χ1n) is 11.0. The Hall–Kier alpha value is -2.86. The third-order valence-electron chi connectivity index (χ3n) is 5.30. The molecule has 1 unspecified atom stereocenters. The maximum Gasteiger partial charge on any atom is 0.339 e. The van der Waals surface area contributed by atoms with Crippen LogP contribution < -0.4 is 10.1 Å². The van der Waals surface area contributed by atoms with Crippen LogP contribution in [0, 0.1) is 0 Å². The van der Waals surface area contributed by atoms with Crippen molar-refractivity contribution in [3.63, 3.8) is 0 Å². The van der Waals surface area contributed by atoms with Gasteiger partial charge in [0.2, 0.25) is 0 Å². The van der Waals surface area contributed by atoms with Gasteiger partial charge in [0, 0.05) is 17.6 Å². The standard InChI is InChI=1S/C27H30ClNO4/c1-17(2)33-26-15-21(11-12-24(26)27(31)32)20-9-7-19(8-10-20)13-18(3)29-16-25(30)22-5-4-6-23(28)14-22/h4-12,14-15,17-18,25,29-30H,13,16H2,1-3H3,(H,31,32)/t18?,25-/m0/s1. The quantitative estimate of drug-likeness (QED) is 0.354. The van der Waals surface area contributed by atoms with Crippen molar-refractivity contribution in [3.05, 3.63) is 88.4 Å². The Labute approximate surface area is 200 Å². The first kappa shape index (κ1) is 24.8. The Kier molecular flexibility index (Phi) is 8.50. The lowest BCUT2D eigenvalue weighted by molar-refractivity contribution is 0.0690. The molecule has 0 radical (unpaired) electrons. The summed E-state index contributed by atoms with van der Waals surface area (Å²) in [6.07, 6.45) is 0.0685. The number of hydrogen-bond donors (Lipinski definition) is 3. The summed E-state index contributed by atoms with van der Waals surface area (Å²) in [5, 5.41) is 23.8. The second-order valence-electron chi connectivity index (χ2n) is 8.46. The lowest BCUT2D eigenvalue weighted by Crippen LogP contribution is -2.32. The van der Waals surface area contributed by atoms with E-state index >= 15 is 0 Å². The van der Waals surface area contributed by atoms with Gasteiger partial charge in [-0.2, -0.15) is 0 Å². The molecule has 0 aliphatic carbocycles. The molecular weight excluding hydrogens is 438 g/mol. The molecule has 2 atom stereocenters. The Morgan fingerprint density at radius 2 is 1.70 bits per heavy atom. The summed E-state index contributed by atoms with van der Waals surface area (Å²) >= 11 is 6.00. The smallest absolute Gasteiger partial charge is 0.339 e. The number of carbonyl (C=O) groups is 1. The van der Waals surface area contributed by atoms with E-state index in [1.807, 2.05) is 38.1 Å². The number of benzene rings is 3. The molecule has 5 nitrogen and oxygen atoms in total. The van der Waals surface area contributed by atoms with Gasteiger partial charge in [0.15, 0.2) is 0 Å². The van der Waals surface area contributed by atoms with Crippen molar-refractivity contribution in [2.75, 3.05) is 6.54 Å². The third kappa shape index (κ3) is 7.06. The fourth-order valence-corrected chi connectivity index (χ4v) is 3.83. The van der Waals surface area contributed by atoms with Gasteiger partial charge in [-0.1, -0.05) is 54.1 Å². The topological polar surface area (TPSA) is 78.8 Å². The first-order chi connectivity index (χ1) is 15.7. The Balaban J connectivity index is 1.62. The molecule has 0 heterocycles. The number of aliphatic hydroxyl groups excluding tert-OH is 1. The molecule has 33 heavy (non-hydrogen) atoms. The molecular formula is C27H30ClNO4. The van der Waals surface area contributed by atoms with E-state index in [2.05, 4.69) is 24.4 Å². The minimum Gasteiger partial charge on any atom is -0.490 e. The van der Waals surface area contributed by atoms with Crippen molar-refractivity contribution in [2.24, 2.45) is 0 Å². The van der Waals surface area contributed by atoms with E-state index in [1.54, 1.807) is 30.3 Å². The third-order valence-corrected chi connectivity index (χ3v) is 5.53. The van der Waals surface area contributed by atoms with E-state index in [0.29, 0.717) is 17.3 Å². The maximum absolute atomic E-state index is 11.5. The van der Waals surface area contributed by atoms with Crippen LogP contribution in [0.15, 0.2) is 66.7 Å². The number of carboxylic acid groups (broad SMARTS) is 1. The summed E-state index contributed by atoms with van der Waals surface area (Å²) in [5.74, 6) is -0.635. The molecule has 3 rings (SSSR count). The lowest BCUT2D eigenvalue weighted by atomic mass is 9.99. The van der Waals surface area contributed by atoms with E-state index in [0.717, 1.165) is 28.7 Å². The van der Waals surface area contributed by atoms with Crippen molar-refractivity contribution >= 4 is 17.6 Å². The van der Waals surface area contributed by atoms with Crippen LogP contribution in [0.25, 0.3) is 11.1 Å². The Morgan fingerprint density at radius 3 is 2.33 bits per heavy atom. The number of halogens is 1. The van der Waals surface area contributed by atoms with Crippen LogP contribution in [0.5, 0.6) is 5.75 Å². The van der Waals surface area contributed by atoms with Gasteiger partial charge >= 0.3 is 5.97 Å². The molecule has 0 spiro atoms. The molecule has 3 aromatic rings. The lowest BCUT2D eigenvalue weighted by Gasteiger charge is -2.18. The average molecular weight is 468 g/mol. The predicted molar refractivity (Wildman–Crippen MR) is 132 cm³/mol. The molecule has 174 valence electrons. The Bertz CT molecular complexity index is 1080. The van der Waals surface area contributed by atoms with Gasteiger partial charge < -0.3 is 20.3 Å². The second-order valence-corrected chi connectivity index (χ2v) is 8.90. The highest BCUT2D eigenvalue weighted by molar-refractivity contribution is 6.30. The fraction of sp³-hybridized carbons (Fsp3) is 0.296. The zero-order valence-corrected chi connectivity index (χ0v) is 19.8. The van der Waals surface area contributed by atoms with Crippen molar-refractivity contribution in [1.82, 2.24) is 5.32 Å². The number of ether oxygens (including phenoxy) is 1. The van der Waals surface area contributed by atoms with Crippen LogP contribution in [0.1, 0.15) is 48.4 Å². The predicted octanol–water partition coefficient (Wildman–Crippen LogP) is 5.75. The van der Waals surface area contributed by atoms with Crippen molar-refractivity contribution in [1.29, 1.82) is 0 Å². The minimum atomic E-state index is -1.01. The molecule has 0 fully saturated rings. The normalized spacial score (nSPS) is 13.0. The van der Waals surface area contributed by atoms with Crippen molar-refractivity contribution in [2.45, 2.75) is 45.4 Å². The SMILES string of the molecule is CC(Cc1ccc(-c2ccc(C(=O)O)c(OC(C)C)c2)cc1)NC[C@H](O)c1cccc(Cl)c1. The van der Waals surface area contributed by atoms with Crippen LogP contribution in [0.2, 0.25) is 5.02 Å². The minimum absolute atomic E-state index is 0.118. The summed E-state index contributed by atoms with van der Waals surface area (Å²) < 4.78 is 5.71. The number of hydrogen-bond acceptors (Lipinski definition) is 4. The first-order valence-corrected chi connectivity index (χ1v) is 11.4. The highest BCUT2D eigenvalue weighted by Gasteiger charge is 2.14. The molecule has 0 bridgehead atoms. The Morgan fingerprint density at radius 1 is 1.00 bits per heavy atom. The molecule has 6 heteroatoms. The molecule has 0 saturated heterocycles. The van der Waals surface area contributed by atoms with Gasteiger partial charge in [-0.25, -0.2) is 4.79 Å². The zero-order valence-electron chi connectivity index (χ0n) is 19.1. The fourth-order valence-electron chi connectivity index (χ4n) is 3.63. The van der Waals surface area contributed by atoms with E-state index in [1.165, 1.54) is 0 Å². The molecule has 0 aliphatic heterocycles. The van der Waals surface area contributed by atoms with E-state index in [9.17, 15) is 15.0 Å². The number of nitrogens with one attached hydrogen (secondary N) is 1. The van der Waals surface area contributed by atoms with E-state index in [4.69, 9.17) is 16.3 Å². The summed E-state index contributed by atoms with van der Waals surface area (Å²) in [7, 11) is 0. The van der Waals surface area contributed by atoms with Crippen LogP contribution >= 0.6 is 11.6 Å². The van der Waals surface area contributed by atoms with Gasteiger partial charge in [-0.3, -0.25) is 0 Å². The molecule has 3 N–H and O–H groups in total. The van der Waals surface area contributed by atoms with Crippen LogP contribution in [0.3, 0.4) is 0 Å². The maximum atomic E-state index is 11.5. The second kappa shape index (κ2) is 11.3. The summed E-state index contributed by atoms with van der Waals surface area (Å²) in [4.78, 5) is 11.5. The van der Waals surface area contributed by atoms with E-state index < -0.39 is 12.1 Å².